The van der Waals surface area contributed by atoms with E-state index in [4.69, 9.17) is 4.52 Å². The maximum absolute atomic E-state index is 14.3. The molecule has 1 atom stereocenters. The number of sulfonamides is 1. The highest BCUT2D eigenvalue weighted by molar-refractivity contribution is 7.89. The molecule has 1 saturated heterocycles. The molecule has 1 fully saturated rings. The van der Waals surface area contributed by atoms with Gasteiger partial charge in [-0.05, 0) is 37.6 Å². The largest absolute Gasteiger partial charge is 0.337 e. The maximum Gasteiger partial charge on any atom is 0.256 e. The third-order valence-electron chi connectivity index (χ3n) is 5.01. The van der Waals surface area contributed by atoms with Gasteiger partial charge in [-0.25, -0.2) is 12.8 Å². The number of pyridine rings is 1. The SMILES string of the molecule is Cc1noc(C2CN(S(=O)(=O)c3ccccc3F)CCCN2C(=O)c2cccnc2)n1. The van der Waals surface area contributed by atoms with Crippen molar-refractivity contribution in [2.24, 2.45) is 0 Å². The van der Waals surface area contributed by atoms with Gasteiger partial charge in [0.05, 0.1) is 5.56 Å². The van der Waals surface area contributed by atoms with Crippen LogP contribution in [0.15, 0.2) is 58.2 Å². The predicted molar refractivity (Wildman–Crippen MR) is 107 cm³/mol. The van der Waals surface area contributed by atoms with Gasteiger partial charge >= 0.3 is 0 Å². The van der Waals surface area contributed by atoms with E-state index >= 15 is 0 Å². The molecule has 1 amide bonds. The van der Waals surface area contributed by atoms with Crippen LogP contribution in [0.2, 0.25) is 0 Å². The summed E-state index contributed by atoms with van der Waals surface area (Å²) in [5.41, 5.74) is 0.356. The number of hydrogen-bond donors (Lipinski definition) is 0. The van der Waals surface area contributed by atoms with E-state index in [1.165, 1.54) is 29.3 Å². The molecule has 3 heterocycles. The van der Waals surface area contributed by atoms with Crippen molar-refractivity contribution in [1.82, 2.24) is 24.3 Å². The lowest BCUT2D eigenvalue weighted by Crippen LogP contribution is -2.40. The zero-order chi connectivity index (χ0) is 22.0. The molecule has 162 valence electrons. The van der Waals surface area contributed by atoms with E-state index in [0.717, 1.165) is 10.4 Å². The number of amides is 1. The number of benzene rings is 1. The van der Waals surface area contributed by atoms with E-state index in [2.05, 4.69) is 15.1 Å². The molecule has 1 aromatic carbocycles. The maximum atomic E-state index is 14.3. The average Bonchev–Trinajstić information content (AvgIpc) is 3.07. The summed E-state index contributed by atoms with van der Waals surface area (Å²) in [6.45, 7) is 1.84. The molecule has 1 unspecified atom stereocenters. The van der Waals surface area contributed by atoms with Crippen LogP contribution < -0.4 is 0 Å². The predicted octanol–water partition coefficient (Wildman–Crippen LogP) is 2.19. The molecule has 2 aromatic heterocycles. The van der Waals surface area contributed by atoms with E-state index < -0.39 is 26.8 Å². The van der Waals surface area contributed by atoms with Gasteiger partial charge in [-0.3, -0.25) is 9.78 Å². The Balaban J connectivity index is 1.72. The highest BCUT2D eigenvalue weighted by Crippen LogP contribution is 2.29. The molecule has 11 heteroatoms. The molecule has 0 N–H and O–H groups in total. The first-order valence-electron chi connectivity index (χ1n) is 9.64. The minimum atomic E-state index is -4.15. The van der Waals surface area contributed by atoms with E-state index in [9.17, 15) is 17.6 Å². The van der Waals surface area contributed by atoms with Crippen molar-refractivity contribution in [3.8, 4) is 0 Å². The van der Waals surface area contributed by atoms with Gasteiger partial charge in [0.1, 0.15) is 16.8 Å². The summed E-state index contributed by atoms with van der Waals surface area (Å²) in [4.78, 5) is 22.5. The van der Waals surface area contributed by atoms with Gasteiger partial charge in [0.25, 0.3) is 11.8 Å². The van der Waals surface area contributed by atoms with Crippen molar-refractivity contribution >= 4 is 15.9 Å². The van der Waals surface area contributed by atoms with Gasteiger partial charge < -0.3 is 9.42 Å². The van der Waals surface area contributed by atoms with Crippen LogP contribution in [0.25, 0.3) is 0 Å². The lowest BCUT2D eigenvalue weighted by Gasteiger charge is -2.29. The highest BCUT2D eigenvalue weighted by atomic mass is 32.2. The van der Waals surface area contributed by atoms with Crippen LogP contribution in [0.3, 0.4) is 0 Å². The van der Waals surface area contributed by atoms with Gasteiger partial charge in [-0.15, -0.1) is 0 Å². The van der Waals surface area contributed by atoms with Crippen LogP contribution in [-0.4, -0.2) is 58.3 Å². The minimum Gasteiger partial charge on any atom is -0.337 e. The number of rotatable bonds is 4. The number of nitrogens with zero attached hydrogens (tertiary/aromatic N) is 5. The van der Waals surface area contributed by atoms with Crippen LogP contribution in [-0.2, 0) is 10.0 Å². The number of aromatic nitrogens is 3. The molecule has 0 bridgehead atoms. The van der Waals surface area contributed by atoms with Gasteiger partial charge in [-0.1, -0.05) is 17.3 Å². The molecular weight excluding hydrogens is 425 g/mol. The molecular formula is C20H20FN5O4S. The van der Waals surface area contributed by atoms with E-state index in [-0.39, 0.29) is 31.4 Å². The topological polar surface area (TPSA) is 110 Å². The monoisotopic (exact) mass is 445 g/mol. The Morgan fingerprint density at radius 3 is 2.68 bits per heavy atom. The molecule has 1 aliphatic rings. The molecule has 1 aliphatic heterocycles. The normalized spacial score (nSPS) is 18.0. The van der Waals surface area contributed by atoms with Crippen molar-refractivity contribution < 1.29 is 22.1 Å². The van der Waals surface area contributed by atoms with Crippen molar-refractivity contribution in [3.63, 3.8) is 0 Å². The molecule has 0 saturated carbocycles. The number of aryl methyl sites for hydroxylation is 1. The Morgan fingerprint density at radius 2 is 2.00 bits per heavy atom. The quantitative estimate of drug-likeness (QED) is 0.605. The van der Waals surface area contributed by atoms with Crippen molar-refractivity contribution in [3.05, 3.63) is 71.9 Å². The van der Waals surface area contributed by atoms with Crippen LogP contribution in [0.5, 0.6) is 0 Å². The third kappa shape index (κ3) is 4.19. The summed E-state index contributed by atoms with van der Waals surface area (Å²) >= 11 is 0. The Morgan fingerprint density at radius 1 is 1.19 bits per heavy atom. The van der Waals surface area contributed by atoms with Gasteiger partial charge in [0.15, 0.2) is 5.82 Å². The smallest absolute Gasteiger partial charge is 0.256 e. The van der Waals surface area contributed by atoms with E-state index in [1.807, 2.05) is 0 Å². The first kappa shape index (κ1) is 21.1. The Labute approximate surface area is 178 Å². The van der Waals surface area contributed by atoms with Crippen molar-refractivity contribution in [1.29, 1.82) is 0 Å². The fourth-order valence-electron chi connectivity index (χ4n) is 3.53. The number of carbonyl (C=O) groups is 1. The summed E-state index contributed by atoms with van der Waals surface area (Å²) in [7, 11) is -4.15. The minimum absolute atomic E-state index is 0.108. The second-order valence-electron chi connectivity index (χ2n) is 7.08. The summed E-state index contributed by atoms with van der Waals surface area (Å²) < 4.78 is 47.1. The zero-order valence-corrected chi connectivity index (χ0v) is 17.5. The Kier molecular flexibility index (Phi) is 5.79. The molecule has 4 rings (SSSR count). The van der Waals surface area contributed by atoms with Crippen molar-refractivity contribution in [2.45, 2.75) is 24.3 Å². The zero-order valence-electron chi connectivity index (χ0n) is 16.7. The number of hydrogen-bond acceptors (Lipinski definition) is 7. The number of halogens is 1. The molecule has 0 radical (unpaired) electrons. The molecule has 0 spiro atoms. The lowest BCUT2D eigenvalue weighted by atomic mass is 10.2. The standard InChI is InChI=1S/C20H20FN5O4S/c1-14-23-19(30-24-14)17-13-25(31(28,29)18-8-3-2-7-16(18)21)10-5-11-26(17)20(27)15-6-4-9-22-12-15/h2-4,6-9,12,17H,5,10-11,13H2,1H3. The second-order valence-corrected chi connectivity index (χ2v) is 8.99. The molecule has 3 aromatic rings. The summed E-state index contributed by atoms with van der Waals surface area (Å²) in [5, 5.41) is 3.78. The van der Waals surface area contributed by atoms with E-state index in [1.54, 1.807) is 25.3 Å². The fraction of sp³-hybridized carbons (Fsp3) is 0.300. The Bertz CT molecular complexity index is 1190. The van der Waals surface area contributed by atoms with Crippen LogP contribution in [0.4, 0.5) is 4.39 Å². The second kappa shape index (κ2) is 8.52. The van der Waals surface area contributed by atoms with Gasteiger partial charge in [-0.2, -0.15) is 9.29 Å². The Hall–Kier alpha value is -3.18. The van der Waals surface area contributed by atoms with Crippen molar-refractivity contribution in [2.75, 3.05) is 19.6 Å². The summed E-state index contributed by atoms with van der Waals surface area (Å²) in [6, 6.07) is 7.65. The summed E-state index contributed by atoms with van der Waals surface area (Å²) in [5.74, 6) is -0.693. The average molecular weight is 445 g/mol. The first-order valence-corrected chi connectivity index (χ1v) is 11.1. The highest BCUT2D eigenvalue weighted by Gasteiger charge is 2.38. The number of carbonyl (C=O) groups excluding carboxylic acids is 1. The lowest BCUT2D eigenvalue weighted by molar-refractivity contribution is 0.0647. The first-order chi connectivity index (χ1) is 14.9. The van der Waals surface area contributed by atoms with E-state index in [0.29, 0.717) is 17.8 Å². The van der Waals surface area contributed by atoms with Gasteiger partial charge in [0, 0.05) is 32.0 Å². The van der Waals surface area contributed by atoms with Crippen LogP contribution in [0, 0.1) is 12.7 Å². The van der Waals surface area contributed by atoms with Crippen LogP contribution in [0.1, 0.15) is 34.5 Å². The van der Waals surface area contributed by atoms with Crippen LogP contribution >= 0.6 is 0 Å². The third-order valence-corrected chi connectivity index (χ3v) is 6.91. The molecule has 31 heavy (non-hydrogen) atoms. The molecule has 9 nitrogen and oxygen atoms in total. The summed E-state index contributed by atoms with van der Waals surface area (Å²) in [6.07, 6.45) is 3.35. The molecule has 0 aliphatic carbocycles. The van der Waals surface area contributed by atoms with Gasteiger partial charge in [0.2, 0.25) is 10.0 Å². The fourth-order valence-corrected chi connectivity index (χ4v) is 5.08.